The third-order valence-electron chi connectivity index (χ3n) is 2.89. The van der Waals surface area contributed by atoms with Crippen molar-refractivity contribution in [2.24, 2.45) is 0 Å². The summed E-state index contributed by atoms with van der Waals surface area (Å²) >= 11 is 0. The van der Waals surface area contributed by atoms with Gasteiger partial charge in [0, 0.05) is 12.6 Å². The Morgan fingerprint density at radius 3 is 2.43 bits per heavy atom. The fraction of sp³-hybridized carbons (Fsp3) is 0.200. The summed E-state index contributed by atoms with van der Waals surface area (Å²) in [6.45, 7) is 0.764. The number of nitro benzene ring substituents is 1. The standard InChI is InChI=1S/C15H16N2O4/c1-16-10-11-3-6-13(7-4-11)21-15-9-12(17(18)19)5-8-14(15)20-2/h3-9,16H,10H2,1-2H3. The van der Waals surface area contributed by atoms with Gasteiger partial charge in [-0.2, -0.15) is 0 Å². The molecule has 2 rings (SSSR count). The molecule has 21 heavy (non-hydrogen) atoms. The molecule has 0 spiro atoms. The average Bonchev–Trinajstić information content (AvgIpc) is 2.49. The number of hydrogen-bond acceptors (Lipinski definition) is 5. The average molecular weight is 288 g/mol. The first-order chi connectivity index (χ1) is 10.1. The van der Waals surface area contributed by atoms with Gasteiger partial charge in [-0.3, -0.25) is 10.1 Å². The molecule has 0 aromatic heterocycles. The van der Waals surface area contributed by atoms with E-state index < -0.39 is 4.92 Å². The molecule has 0 saturated heterocycles. The molecule has 6 heteroatoms. The van der Waals surface area contributed by atoms with Crippen LogP contribution >= 0.6 is 0 Å². The Bertz CT molecular complexity index is 626. The van der Waals surface area contributed by atoms with Crippen molar-refractivity contribution in [3.05, 3.63) is 58.1 Å². The second-order valence-corrected chi connectivity index (χ2v) is 4.37. The summed E-state index contributed by atoms with van der Waals surface area (Å²) in [5.74, 6) is 1.35. The smallest absolute Gasteiger partial charge is 0.273 e. The molecule has 0 saturated carbocycles. The summed E-state index contributed by atoms with van der Waals surface area (Å²) in [5.41, 5.74) is 1.08. The number of nitrogens with one attached hydrogen (secondary N) is 1. The van der Waals surface area contributed by atoms with Crippen LogP contribution in [0.5, 0.6) is 17.2 Å². The lowest BCUT2D eigenvalue weighted by Gasteiger charge is -2.10. The molecular formula is C15H16N2O4. The van der Waals surface area contributed by atoms with Gasteiger partial charge in [-0.05, 0) is 30.8 Å². The van der Waals surface area contributed by atoms with Crippen molar-refractivity contribution in [3.8, 4) is 17.2 Å². The van der Waals surface area contributed by atoms with Crippen LogP contribution in [0.2, 0.25) is 0 Å². The predicted octanol–water partition coefficient (Wildman–Crippen LogP) is 3.12. The van der Waals surface area contributed by atoms with E-state index in [-0.39, 0.29) is 5.69 Å². The largest absolute Gasteiger partial charge is 0.493 e. The number of rotatable bonds is 6. The van der Waals surface area contributed by atoms with E-state index in [9.17, 15) is 10.1 Å². The van der Waals surface area contributed by atoms with Crippen LogP contribution in [0.4, 0.5) is 5.69 Å². The van der Waals surface area contributed by atoms with Gasteiger partial charge in [0.1, 0.15) is 5.75 Å². The lowest BCUT2D eigenvalue weighted by molar-refractivity contribution is -0.384. The molecule has 1 N–H and O–H groups in total. The summed E-state index contributed by atoms with van der Waals surface area (Å²) in [6, 6.07) is 11.7. The fourth-order valence-corrected chi connectivity index (χ4v) is 1.87. The highest BCUT2D eigenvalue weighted by molar-refractivity contribution is 5.50. The van der Waals surface area contributed by atoms with Crippen molar-refractivity contribution in [1.82, 2.24) is 5.32 Å². The minimum Gasteiger partial charge on any atom is -0.493 e. The third-order valence-corrected chi connectivity index (χ3v) is 2.89. The zero-order chi connectivity index (χ0) is 15.2. The van der Waals surface area contributed by atoms with E-state index in [4.69, 9.17) is 9.47 Å². The maximum absolute atomic E-state index is 10.8. The number of nitro groups is 1. The second kappa shape index (κ2) is 6.71. The molecular weight excluding hydrogens is 272 g/mol. The van der Waals surface area contributed by atoms with E-state index in [1.807, 2.05) is 31.3 Å². The molecule has 0 bridgehead atoms. The van der Waals surface area contributed by atoms with Crippen molar-refractivity contribution in [3.63, 3.8) is 0 Å². The Labute approximate surface area is 122 Å². The summed E-state index contributed by atoms with van der Waals surface area (Å²) < 4.78 is 10.8. The van der Waals surface area contributed by atoms with Gasteiger partial charge >= 0.3 is 0 Å². The third kappa shape index (κ3) is 3.70. The normalized spacial score (nSPS) is 10.2. The van der Waals surface area contributed by atoms with Gasteiger partial charge in [0.2, 0.25) is 0 Å². The van der Waals surface area contributed by atoms with Crippen LogP contribution in [0, 0.1) is 10.1 Å². The Hall–Kier alpha value is -2.60. The van der Waals surface area contributed by atoms with Gasteiger partial charge in [-0.15, -0.1) is 0 Å². The van der Waals surface area contributed by atoms with E-state index >= 15 is 0 Å². The molecule has 0 aliphatic heterocycles. The summed E-state index contributed by atoms with van der Waals surface area (Å²) in [7, 11) is 3.36. The van der Waals surface area contributed by atoms with Gasteiger partial charge in [-0.1, -0.05) is 12.1 Å². The minimum atomic E-state index is -0.470. The molecule has 110 valence electrons. The first-order valence-corrected chi connectivity index (χ1v) is 6.38. The number of hydrogen-bond donors (Lipinski definition) is 1. The van der Waals surface area contributed by atoms with Crippen LogP contribution in [0.1, 0.15) is 5.56 Å². The van der Waals surface area contributed by atoms with E-state index in [0.717, 1.165) is 12.1 Å². The number of ether oxygens (including phenoxy) is 2. The number of methoxy groups -OCH3 is 1. The molecule has 6 nitrogen and oxygen atoms in total. The zero-order valence-corrected chi connectivity index (χ0v) is 11.8. The number of benzene rings is 2. The Balaban J connectivity index is 2.24. The van der Waals surface area contributed by atoms with Gasteiger partial charge in [0.15, 0.2) is 11.5 Å². The molecule has 0 unspecified atom stereocenters. The predicted molar refractivity (Wildman–Crippen MR) is 78.9 cm³/mol. The van der Waals surface area contributed by atoms with Crippen molar-refractivity contribution in [2.45, 2.75) is 6.54 Å². The maximum atomic E-state index is 10.8. The first kappa shape index (κ1) is 14.8. The van der Waals surface area contributed by atoms with E-state index in [2.05, 4.69) is 5.32 Å². The second-order valence-electron chi connectivity index (χ2n) is 4.37. The number of nitrogens with zero attached hydrogens (tertiary/aromatic N) is 1. The van der Waals surface area contributed by atoms with Gasteiger partial charge in [-0.25, -0.2) is 0 Å². The molecule has 0 aliphatic rings. The maximum Gasteiger partial charge on any atom is 0.273 e. The summed E-state index contributed by atoms with van der Waals surface area (Å²) in [4.78, 5) is 10.4. The molecule has 0 fully saturated rings. The van der Waals surface area contributed by atoms with Crippen LogP contribution in [0.3, 0.4) is 0 Å². The van der Waals surface area contributed by atoms with Crippen molar-refractivity contribution in [1.29, 1.82) is 0 Å². The Morgan fingerprint density at radius 1 is 1.14 bits per heavy atom. The molecule has 0 amide bonds. The highest BCUT2D eigenvalue weighted by atomic mass is 16.6. The highest BCUT2D eigenvalue weighted by Gasteiger charge is 2.13. The monoisotopic (exact) mass is 288 g/mol. The molecule has 2 aromatic rings. The van der Waals surface area contributed by atoms with Gasteiger partial charge in [0.05, 0.1) is 18.1 Å². The van der Waals surface area contributed by atoms with E-state index in [0.29, 0.717) is 17.2 Å². The van der Waals surface area contributed by atoms with E-state index in [1.165, 1.54) is 25.3 Å². The van der Waals surface area contributed by atoms with Crippen LogP contribution in [0.15, 0.2) is 42.5 Å². The van der Waals surface area contributed by atoms with Crippen LogP contribution < -0.4 is 14.8 Å². The van der Waals surface area contributed by atoms with Crippen LogP contribution in [-0.4, -0.2) is 19.1 Å². The lowest BCUT2D eigenvalue weighted by Crippen LogP contribution is -2.04. The van der Waals surface area contributed by atoms with Crippen molar-refractivity contribution < 1.29 is 14.4 Å². The van der Waals surface area contributed by atoms with Gasteiger partial charge < -0.3 is 14.8 Å². The molecule has 0 aliphatic carbocycles. The molecule has 0 radical (unpaired) electrons. The minimum absolute atomic E-state index is 0.0439. The fourth-order valence-electron chi connectivity index (χ4n) is 1.87. The van der Waals surface area contributed by atoms with E-state index in [1.54, 1.807) is 0 Å². The first-order valence-electron chi connectivity index (χ1n) is 6.38. The van der Waals surface area contributed by atoms with Crippen LogP contribution in [-0.2, 0) is 6.54 Å². The van der Waals surface area contributed by atoms with Crippen LogP contribution in [0.25, 0.3) is 0 Å². The molecule has 0 atom stereocenters. The lowest BCUT2D eigenvalue weighted by atomic mass is 10.2. The summed E-state index contributed by atoms with van der Waals surface area (Å²) in [6.07, 6.45) is 0. The zero-order valence-electron chi connectivity index (χ0n) is 11.8. The number of non-ortho nitro benzene ring substituents is 1. The quantitative estimate of drug-likeness (QED) is 0.653. The molecule has 0 heterocycles. The molecule has 2 aromatic carbocycles. The SMILES string of the molecule is CNCc1ccc(Oc2cc([N+](=O)[O-])ccc2OC)cc1. The van der Waals surface area contributed by atoms with Gasteiger partial charge in [0.25, 0.3) is 5.69 Å². The van der Waals surface area contributed by atoms with Crippen molar-refractivity contribution >= 4 is 5.69 Å². The summed E-state index contributed by atoms with van der Waals surface area (Å²) in [5, 5.41) is 13.9. The Morgan fingerprint density at radius 2 is 1.86 bits per heavy atom. The highest BCUT2D eigenvalue weighted by Crippen LogP contribution is 2.34. The topological polar surface area (TPSA) is 73.6 Å². The van der Waals surface area contributed by atoms with Crippen molar-refractivity contribution in [2.75, 3.05) is 14.2 Å². The Kier molecular flexibility index (Phi) is 4.73.